The molecule has 0 bridgehead atoms. The molecule has 0 spiro atoms. The highest BCUT2D eigenvalue weighted by Gasteiger charge is 2.33. The predicted molar refractivity (Wildman–Crippen MR) is 109 cm³/mol. The molecule has 0 N–H and O–H groups in total. The number of rotatable bonds is 5. The number of carbonyl (C=O) groups is 1. The van der Waals surface area contributed by atoms with E-state index in [1.54, 1.807) is 6.07 Å². The number of thiophene rings is 1. The number of hydrogen-bond donors (Lipinski definition) is 0. The summed E-state index contributed by atoms with van der Waals surface area (Å²) in [7, 11) is 2.01. The first-order valence-corrected chi connectivity index (χ1v) is 10.9. The first kappa shape index (κ1) is 19.0. The summed E-state index contributed by atoms with van der Waals surface area (Å²) < 4.78 is 19.5. The Balaban J connectivity index is 1.26. The highest BCUT2D eigenvalue weighted by atomic mass is 35.5. The molecule has 1 saturated heterocycles. The van der Waals surface area contributed by atoms with Crippen molar-refractivity contribution in [3.05, 3.63) is 45.6 Å². The van der Waals surface area contributed by atoms with Crippen LogP contribution in [0.4, 0.5) is 4.39 Å². The zero-order chi connectivity index (χ0) is 20.1. The van der Waals surface area contributed by atoms with Crippen LogP contribution in [-0.2, 0) is 6.54 Å². The van der Waals surface area contributed by atoms with E-state index in [1.165, 1.54) is 23.5 Å². The predicted octanol–water partition coefficient (Wildman–Crippen LogP) is 4.30. The third-order valence-electron chi connectivity index (χ3n) is 5.66. The fraction of sp³-hybridized carbons (Fsp3) is 0.450. The van der Waals surface area contributed by atoms with Crippen LogP contribution in [0, 0.1) is 5.82 Å². The molecule has 2 aliphatic rings. The van der Waals surface area contributed by atoms with Crippen LogP contribution < -0.4 is 0 Å². The van der Waals surface area contributed by atoms with Gasteiger partial charge in [-0.15, -0.1) is 11.3 Å². The van der Waals surface area contributed by atoms with Crippen molar-refractivity contribution >= 4 is 38.9 Å². The number of amides is 1. The lowest BCUT2D eigenvalue weighted by molar-refractivity contribution is 0.0784. The molecule has 1 aromatic carbocycles. The van der Waals surface area contributed by atoms with Gasteiger partial charge in [0.25, 0.3) is 5.91 Å². The van der Waals surface area contributed by atoms with Gasteiger partial charge < -0.3 is 9.42 Å². The fourth-order valence-electron chi connectivity index (χ4n) is 3.79. The molecule has 2 fully saturated rings. The van der Waals surface area contributed by atoms with Gasteiger partial charge in [-0.25, -0.2) is 4.39 Å². The van der Waals surface area contributed by atoms with E-state index in [9.17, 15) is 9.18 Å². The molecular formula is C20H20ClFN4O2S. The molecule has 1 saturated carbocycles. The molecule has 0 radical (unpaired) electrons. The smallest absolute Gasteiger partial charge is 0.265 e. The second-order valence-electron chi connectivity index (χ2n) is 7.82. The summed E-state index contributed by atoms with van der Waals surface area (Å²) in [6.07, 6.45) is 3.13. The van der Waals surface area contributed by atoms with Crippen molar-refractivity contribution in [1.82, 2.24) is 19.9 Å². The second-order valence-corrected chi connectivity index (χ2v) is 9.25. The molecule has 152 valence electrons. The molecule has 1 unspecified atom stereocenters. The van der Waals surface area contributed by atoms with Crippen LogP contribution in [0.2, 0.25) is 5.02 Å². The van der Waals surface area contributed by atoms with Crippen LogP contribution in [0.5, 0.6) is 0 Å². The minimum atomic E-state index is -0.330. The van der Waals surface area contributed by atoms with Gasteiger partial charge in [0.2, 0.25) is 5.89 Å². The van der Waals surface area contributed by atoms with Crippen molar-refractivity contribution in [2.75, 3.05) is 20.1 Å². The van der Waals surface area contributed by atoms with E-state index in [0.29, 0.717) is 46.0 Å². The minimum Gasteiger partial charge on any atom is -0.339 e. The Morgan fingerprint density at radius 2 is 2.24 bits per heavy atom. The third-order valence-corrected chi connectivity index (χ3v) is 7.31. The van der Waals surface area contributed by atoms with Gasteiger partial charge in [-0.1, -0.05) is 16.8 Å². The molecule has 6 nitrogen and oxygen atoms in total. The zero-order valence-corrected chi connectivity index (χ0v) is 17.5. The van der Waals surface area contributed by atoms with E-state index in [4.69, 9.17) is 16.1 Å². The van der Waals surface area contributed by atoms with Crippen molar-refractivity contribution in [1.29, 1.82) is 0 Å². The van der Waals surface area contributed by atoms with Gasteiger partial charge in [0.1, 0.15) is 10.7 Å². The van der Waals surface area contributed by atoms with Gasteiger partial charge >= 0.3 is 0 Å². The van der Waals surface area contributed by atoms with E-state index in [0.717, 1.165) is 30.5 Å². The van der Waals surface area contributed by atoms with Crippen LogP contribution in [-0.4, -0.2) is 52.0 Å². The lowest BCUT2D eigenvalue weighted by atomic mass is 10.2. The fourth-order valence-corrected chi connectivity index (χ4v) is 5.29. The number of hydrogen-bond acceptors (Lipinski definition) is 6. The van der Waals surface area contributed by atoms with E-state index in [-0.39, 0.29) is 17.8 Å². The zero-order valence-electron chi connectivity index (χ0n) is 15.9. The average molecular weight is 435 g/mol. The standard InChI is InChI=1S/C20H20ClFN4O2S/c1-25(10-16-23-19(28-24-16)11-2-3-11)13-6-7-26(9-13)20(27)18-17(21)14-5-4-12(22)8-15(14)29-18/h4-5,8,11,13H,2-3,6-7,9-10H2,1H3. The van der Waals surface area contributed by atoms with Crippen LogP contribution >= 0.6 is 22.9 Å². The number of halogens is 2. The largest absolute Gasteiger partial charge is 0.339 e. The quantitative estimate of drug-likeness (QED) is 0.599. The Kier molecular flexibility index (Phi) is 4.80. The summed E-state index contributed by atoms with van der Waals surface area (Å²) >= 11 is 7.67. The maximum Gasteiger partial charge on any atom is 0.265 e. The van der Waals surface area contributed by atoms with Gasteiger partial charge in [0.05, 0.1) is 11.6 Å². The number of likely N-dealkylation sites (N-methyl/N-ethyl adjacent to an activating group) is 1. The Labute approximate surface area is 176 Å². The van der Waals surface area contributed by atoms with Crippen LogP contribution in [0.15, 0.2) is 22.7 Å². The number of fused-ring (bicyclic) bond motifs is 1. The molecule has 1 aliphatic heterocycles. The third kappa shape index (κ3) is 3.65. The second kappa shape index (κ2) is 7.34. The molecule has 1 amide bonds. The Hall–Kier alpha value is -2.03. The Morgan fingerprint density at radius 1 is 1.41 bits per heavy atom. The summed E-state index contributed by atoms with van der Waals surface area (Å²) in [6, 6.07) is 4.63. The monoisotopic (exact) mass is 434 g/mol. The number of likely N-dealkylation sites (tertiary alicyclic amines) is 1. The van der Waals surface area contributed by atoms with Crippen LogP contribution in [0.25, 0.3) is 10.1 Å². The molecule has 3 aromatic rings. The number of benzene rings is 1. The van der Waals surface area contributed by atoms with E-state index in [1.807, 2.05) is 11.9 Å². The summed E-state index contributed by atoms with van der Waals surface area (Å²) in [5.74, 6) is 1.45. The highest BCUT2D eigenvalue weighted by molar-refractivity contribution is 7.21. The Morgan fingerprint density at radius 3 is 3.03 bits per heavy atom. The van der Waals surface area contributed by atoms with E-state index >= 15 is 0 Å². The van der Waals surface area contributed by atoms with Gasteiger partial charge in [0, 0.05) is 35.1 Å². The van der Waals surface area contributed by atoms with Crippen molar-refractivity contribution < 1.29 is 13.7 Å². The molecule has 5 rings (SSSR count). The van der Waals surface area contributed by atoms with E-state index in [2.05, 4.69) is 15.0 Å². The normalized spacial score (nSPS) is 19.6. The van der Waals surface area contributed by atoms with Crippen molar-refractivity contribution in [2.45, 2.75) is 37.8 Å². The van der Waals surface area contributed by atoms with Crippen molar-refractivity contribution in [3.63, 3.8) is 0 Å². The van der Waals surface area contributed by atoms with Gasteiger partial charge in [0.15, 0.2) is 5.82 Å². The SMILES string of the molecule is CN(Cc1noc(C2CC2)n1)C1CCN(C(=O)c2sc3cc(F)ccc3c2Cl)C1. The number of aromatic nitrogens is 2. The first-order chi connectivity index (χ1) is 14.0. The molecule has 1 atom stereocenters. The Bertz CT molecular complexity index is 1080. The summed E-state index contributed by atoms with van der Waals surface area (Å²) in [5, 5.41) is 5.21. The molecule has 1 aliphatic carbocycles. The van der Waals surface area contributed by atoms with E-state index < -0.39 is 0 Å². The van der Waals surface area contributed by atoms with Crippen LogP contribution in [0.1, 0.15) is 46.6 Å². The van der Waals surface area contributed by atoms with Crippen molar-refractivity contribution in [3.8, 4) is 0 Å². The van der Waals surface area contributed by atoms with Crippen LogP contribution in [0.3, 0.4) is 0 Å². The summed E-state index contributed by atoms with van der Waals surface area (Å²) in [5.41, 5.74) is 0. The maximum atomic E-state index is 13.5. The molecule has 3 heterocycles. The first-order valence-electron chi connectivity index (χ1n) is 9.69. The minimum absolute atomic E-state index is 0.0944. The lowest BCUT2D eigenvalue weighted by Crippen LogP contribution is -2.36. The number of nitrogens with zero attached hydrogens (tertiary/aromatic N) is 4. The van der Waals surface area contributed by atoms with Gasteiger partial charge in [-0.05, 0) is 44.5 Å². The van der Waals surface area contributed by atoms with Gasteiger partial charge in [-0.2, -0.15) is 4.98 Å². The van der Waals surface area contributed by atoms with Crippen molar-refractivity contribution in [2.24, 2.45) is 0 Å². The van der Waals surface area contributed by atoms with Gasteiger partial charge in [-0.3, -0.25) is 9.69 Å². The number of carbonyl (C=O) groups excluding carboxylic acids is 1. The average Bonchev–Trinajstić information content (AvgIpc) is 3.12. The maximum absolute atomic E-state index is 13.5. The molecule has 2 aromatic heterocycles. The lowest BCUT2D eigenvalue weighted by Gasteiger charge is -2.23. The molecule has 9 heteroatoms. The summed E-state index contributed by atoms with van der Waals surface area (Å²) in [4.78, 5) is 22.0. The molecule has 29 heavy (non-hydrogen) atoms. The molecular weight excluding hydrogens is 415 g/mol. The highest BCUT2D eigenvalue weighted by Crippen LogP contribution is 2.39. The summed E-state index contributed by atoms with van der Waals surface area (Å²) in [6.45, 7) is 1.86. The topological polar surface area (TPSA) is 62.5 Å².